The van der Waals surface area contributed by atoms with Gasteiger partial charge in [0.1, 0.15) is 6.04 Å². The van der Waals surface area contributed by atoms with Crippen molar-refractivity contribution >= 4 is 11.9 Å². The standard InChI is InChI=1S/C18H21N3O3/c1-10-7-8-14(11(2)9-10)21-15-6-4-5-13(15)16(20-21)17(22)19-12(3)18(23)24/h7-9,12H,4-6H2,1-3H3,(H,19,22)(H,23,24)/t12-/m1/s1. The zero-order valence-electron chi connectivity index (χ0n) is 14.1. The molecule has 1 heterocycles. The molecule has 6 heteroatoms. The smallest absolute Gasteiger partial charge is 0.325 e. The Balaban J connectivity index is 2.02. The second kappa shape index (κ2) is 6.11. The van der Waals surface area contributed by atoms with E-state index >= 15 is 0 Å². The lowest BCUT2D eigenvalue weighted by molar-refractivity contribution is -0.138. The van der Waals surface area contributed by atoms with Crippen molar-refractivity contribution in [2.24, 2.45) is 0 Å². The van der Waals surface area contributed by atoms with E-state index in [4.69, 9.17) is 5.11 Å². The summed E-state index contributed by atoms with van der Waals surface area (Å²) < 4.78 is 1.84. The van der Waals surface area contributed by atoms with Crippen molar-refractivity contribution in [2.45, 2.75) is 46.1 Å². The highest BCUT2D eigenvalue weighted by Gasteiger charge is 2.28. The highest BCUT2D eigenvalue weighted by Crippen LogP contribution is 2.29. The lowest BCUT2D eigenvalue weighted by Crippen LogP contribution is -2.38. The van der Waals surface area contributed by atoms with E-state index in [2.05, 4.69) is 16.5 Å². The molecular formula is C18H21N3O3. The number of aliphatic carboxylic acids is 1. The van der Waals surface area contributed by atoms with Crippen LogP contribution in [0.4, 0.5) is 0 Å². The zero-order chi connectivity index (χ0) is 17.4. The number of carbonyl (C=O) groups is 2. The quantitative estimate of drug-likeness (QED) is 0.901. The summed E-state index contributed by atoms with van der Waals surface area (Å²) >= 11 is 0. The van der Waals surface area contributed by atoms with Gasteiger partial charge in [-0.2, -0.15) is 5.10 Å². The van der Waals surface area contributed by atoms with Crippen molar-refractivity contribution in [3.63, 3.8) is 0 Å². The first-order valence-corrected chi connectivity index (χ1v) is 8.10. The highest BCUT2D eigenvalue weighted by atomic mass is 16.4. The molecule has 1 aliphatic rings. The minimum atomic E-state index is -1.06. The molecule has 3 rings (SSSR count). The van der Waals surface area contributed by atoms with Crippen molar-refractivity contribution in [1.82, 2.24) is 15.1 Å². The molecular weight excluding hydrogens is 306 g/mol. The summed E-state index contributed by atoms with van der Waals surface area (Å²) in [5.74, 6) is -1.49. The molecule has 0 fully saturated rings. The lowest BCUT2D eigenvalue weighted by atomic mass is 10.1. The van der Waals surface area contributed by atoms with Gasteiger partial charge in [-0.05, 0) is 51.7 Å². The Kier molecular flexibility index (Phi) is 4.13. The Labute approximate surface area is 140 Å². The third-order valence-electron chi connectivity index (χ3n) is 4.44. The first-order chi connectivity index (χ1) is 11.4. The molecule has 126 valence electrons. The normalized spacial score (nSPS) is 14.3. The van der Waals surface area contributed by atoms with Gasteiger partial charge in [0.05, 0.1) is 5.69 Å². The van der Waals surface area contributed by atoms with Gasteiger partial charge in [0.25, 0.3) is 5.91 Å². The average molecular weight is 327 g/mol. The van der Waals surface area contributed by atoms with E-state index in [1.807, 2.05) is 30.7 Å². The second-order valence-electron chi connectivity index (χ2n) is 6.36. The molecule has 0 saturated carbocycles. The van der Waals surface area contributed by atoms with E-state index in [1.165, 1.54) is 12.5 Å². The number of hydrogen-bond acceptors (Lipinski definition) is 3. The SMILES string of the molecule is Cc1ccc(-n2nc(C(=O)N[C@H](C)C(=O)O)c3c2CCC3)c(C)c1. The molecule has 6 nitrogen and oxygen atoms in total. The Bertz CT molecular complexity index is 823. The number of benzene rings is 1. The molecule has 0 bridgehead atoms. The molecule has 1 amide bonds. The molecule has 0 spiro atoms. The van der Waals surface area contributed by atoms with Gasteiger partial charge < -0.3 is 10.4 Å². The van der Waals surface area contributed by atoms with Gasteiger partial charge in [0, 0.05) is 11.3 Å². The maximum absolute atomic E-state index is 12.5. The number of amides is 1. The molecule has 1 atom stereocenters. The van der Waals surface area contributed by atoms with Crippen molar-refractivity contribution in [3.8, 4) is 5.69 Å². The lowest BCUT2D eigenvalue weighted by Gasteiger charge is -2.10. The van der Waals surface area contributed by atoms with Crippen LogP contribution in [-0.2, 0) is 17.6 Å². The minimum absolute atomic E-state index is 0.343. The summed E-state index contributed by atoms with van der Waals surface area (Å²) in [6.07, 6.45) is 2.65. The maximum atomic E-state index is 12.5. The largest absolute Gasteiger partial charge is 0.480 e. The molecule has 2 N–H and O–H groups in total. The minimum Gasteiger partial charge on any atom is -0.480 e. The molecule has 0 radical (unpaired) electrons. The van der Waals surface area contributed by atoms with E-state index < -0.39 is 17.9 Å². The van der Waals surface area contributed by atoms with Crippen LogP contribution in [0.5, 0.6) is 0 Å². The number of nitrogens with one attached hydrogen (secondary N) is 1. The van der Waals surface area contributed by atoms with Crippen LogP contribution < -0.4 is 5.32 Å². The molecule has 1 aromatic carbocycles. The summed E-state index contributed by atoms with van der Waals surface area (Å²) in [7, 11) is 0. The Hall–Kier alpha value is -2.63. The van der Waals surface area contributed by atoms with Gasteiger partial charge in [-0.1, -0.05) is 17.7 Å². The third kappa shape index (κ3) is 2.79. The summed E-state index contributed by atoms with van der Waals surface area (Å²) in [5.41, 5.74) is 5.56. The van der Waals surface area contributed by atoms with Gasteiger partial charge in [-0.3, -0.25) is 9.59 Å². The first kappa shape index (κ1) is 16.2. The average Bonchev–Trinajstić information content (AvgIpc) is 3.09. The predicted octanol–water partition coefficient (Wildman–Crippen LogP) is 2.18. The Morgan fingerprint density at radius 1 is 1.29 bits per heavy atom. The van der Waals surface area contributed by atoms with Crippen LogP contribution in [0.3, 0.4) is 0 Å². The van der Waals surface area contributed by atoms with E-state index in [0.717, 1.165) is 41.8 Å². The molecule has 0 saturated heterocycles. The van der Waals surface area contributed by atoms with Crippen molar-refractivity contribution in [2.75, 3.05) is 0 Å². The third-order valence-corrected chi connectivity index (χ3v) is 4.44. The molecule has 1 aliphatic carbocycles. The van der Waals surface area contributed by atoms with E-state index in [1.54, 1.807) is 0 Å². The maximum Gasteiger partial charge on any atom is 0.325 e. The van der Waals surface area contributed by atoms with Crippen LogP contribution in [-0.4, -0.2) is 32.8 Å². The predicted molar refractivity (Wildman–Crippen MR) is 89.6 cm³/mol. The summed E-state index contributed by atoms with van der Waals surface area (Å²) in [6.45, 7) is 5.51. The molecule has 2 aromatic rings. The summed E-state index contributed by atoms with van der Waals surface area (Å²) in [5, 5.41) is 16.0. The number of aromatic nitrogens is 2. The van der Waals surface area contributed by atoms with Crippen molar-refractivity contribution in [1.29, 1.82) is 0 Å². The highest BCUT2D eigenvalue weighted by molar-refractivity contribution is 5.96. The molecule has 1 aromatic heterocycles. The topological polar surface area (TPSA) is 84.2 Å². The monoisotopic (exact) mass is 327 g/mol. The number of carboxylic acid groups (broad SMARTS) is 1. The van der Waals surface area contributed by atoms with Crippen LogP contribution in [0.1, 0.15) is 46.2 Å². The number of rotatable bonds is 4. The second-order valence-corrected chi connectivity index (χ2v) is 6.36. The number of carbonyl (C=O) groups excluding carboxylic acids is 1. The van der Waals surface area contributed by atoms with Crippen LogP contribution in [0.2, 0.25) is 0 Å². The van der Waals surface area contributed by atoms with E-state index in [0.29, 0.717) is 5.69 Å². The van der Waals surface area contributed by atoms with Gasteiger partial charge in [0.15, 0.2) is 5.69 Å². The van der Waals surface area contributed by atoms with Crippen LogP contribution >= 0.6 is 0 Å². The number of carboxylic acids is 1. The van der Waals surface area contributed by atoms with Gasteiger partial charge in [-0.15, -0.1) is 0 Å². The van der Waals surface area contributed by atoms with Gasteiger partial charge >= 0.3 is 5.97 Å². The molecule has 0 aliphatic heterocycles. The van der Waals surface area contributed by atoms with Crippen molar-refractivity contribution in [3.05, 3.63) is 46.3 Å². The van der Waals surface area contributed by atoms with E-state index in [-0.39, 0.29) is 0 Å². The molecule has 0 unspecified atom stereocenters. The van der Waals surface area contributed by atoms with Crippen molar-refractivity contribution < 1.29 is 14.7 Å². The number of hydrogen-bond donors (Lipinski definition) is 2. The first-order valence-electron chi connectivity index (χ1n) is 8.10. The van der Waals surface area contributed by atoms with Crippen LogP contribution in [0.25, 0.3) is 5.69 Å². The van der Waals surface area contributed by atoms with Crippen LogP contribution in [0.15, 0.2) is 18.2 Å². The Morgan fingerprint density at radius 2 is 2.04 bits per heavy atom. The molecule has 24 heavy (non-hydrogen) atoms. The zero-order valence-corrected chi connectivity index (χ0v) is 14.1. The van der Waals surface area contributed by atoms with E-state index in [9.17, 15) is 9.59 Å². The fourth-order valence-corrected chi connectivity index (χ4v) is 3.19. The number of fused-ring (bicyclic) bond motifs is 1. The van der Waals surface area contributed by atoms with Gasteiger partial charge in [0.2, 0.25) is 0 Å². The van der Waals surface area contributed by atoms with Crippen LogP contribution in [0, 0.1) is 13.8 Å². The fourth-order valence-electron chi connectivity index (χ4n) is 3.19. The summed E-state index contributed by atoms with van der Waals surface area (Å²) in [4.78, 5) is 23.4. The fraction of sp³-hybridized carbons (Fsp3) is 0.389. The number of nitrogens with zero attached hydrogens (tertiary/aromatic N) is 2. The van der Waals surface area contributed by atoms with Gasteiger partial charge in [-0.25, -0.2) is 4.68 Å². The Morgan fingerprint density at radius 3 is 2.71 bits per heavy atom. The number of aryl methyl sites for hydroxylation is 2. The summed E-state index contributed by atoms with van der Waals surface area (Å²) in [6, 6.07) is 5.18.